The zero-order chi connectivity index (χ0) is 21.0. The van der Waals surface area contributed by atoms with Gasteiger partial charge in [0, 0.05) is 43.9 Å². The Bertz CT molecular complexity index is 863. The zero-order valence-corrected chi connectivity index (χ0v) is 17.7. The third-order valence-electron chi connectivity index (χ3n) is 5.74. The van der Waals surface area contributed by atoms with Crippen molar-refractivity contribution in [3.05, 3.63) is 46.3 Å². The molecule has 0 atom stereocenters. The van der Waals surface area contributed by atoms with Crippen molar-refractivity contribution in [2.45, 2.75) is 40.5 Å². The SMILES string of the molecule is Cc1cccc(NC(=O)CN2CCN(C(=O)CCc3c(C)noc3C)CC2)c1C. The van der Waals surface area contributed by atoms with E-state index >= 15 is 0 Å². The van der Waals surface area contributed by atoms with Gasteiger partial charge in [-0.25, -0.2) is 0 Å². The van der Waals surface area contributed by atoms with Crippen LogP contribution in [0.1, 0.15) is 34.6 Å². The minimum absolute atomic E-state index is 0.0168. The van der Waals surface area contributed by atoms with E-state index in [9.17, 15) is 9.59 Å². The van der Waals surface area contributed by atoms with Gasteiger partial charge < -0.3 is 14.7 Å². The molecule has 1 fully saturated rings. The number of rotatable bonds is 6. The van der Waals surface area contributed by atoms with Gasteiger partial charge in [0.25, 0.3) is 0 Å². The molecule has 2 heterocycles. The second-order valence-corrected chi connectivity index (χ2v) is 7.76. The lowest BCUT2D eigenvalue weighted by atomic mass is 10.1. The van der Waals surface area contributed by atoms with Crippen LogP contribution < -0.4 is 5.32 Å². The Morgan fingerprint density at radius 2 is 1.83 bits per heavy atom. The van der Waals surface area contributed by atoms with Crippen LogP contribution in [0.15, 0.2) is 22.7 Å². The first kappa shape index (κ1) is 21.0. The van der Waals surface area contributed by atoms with Crippen LogP contribution in [0, 0.1) is 27.7 Å². The summed E-state index contributed by atoms with van der Waals surface area (Å²) in [5.74, 6) is 0.913. The van der Waals surface area contributed by atoms with Gasteiger partial charge in [-0.1, -0.05) is 17.3 Å². The van der Waals surface area contributed by atoms with Crippen LogP contribution in [-0.2, 0) is 16.0 Å². The lowest BCUT2D eigenvalue weighted by Gasteiger charge is -2.34. The second kappa shape index (κ2) is 9.22. The average molecular weight is 399 g/mol. The zero-order valence-electron chi connectivity index (χ0n) is 17.7. The molecule has 2 amide bonds. The van der Waals surface area contributed by atoms with Crippen LogP contribution in [0.3, 0.4) is 0 Å². The quantitative estimate of drug-likeness (QED) is 0.809. The highest BCUT2D eigenvalue weighted by Gasteiger charge is 2.23. The first-order chi connectivity index (χ1) is 13.8. The third kappa shape index (κ3) is 5.23. The van der Waals surface area contributed by atoms with E-state index in [-0.39, 0.29) is 11.8 Å². The molecule has 0 spiro atoms. The van der Waals surface area contributed by atoms with Crippen LogP contribution in [0.4, 0.5) is 5.69 Å². The Balaban J connectivity index is 1.43. The molecule has 0 radical (unpaired) electrons. The maximum atomic E-state index is 12.5. The molecule has 3 rings (SSSR count). The highest BCUT2D eigenvalue weighted by molar-refractivity contribution is 5.93. The van der Waals surface area contributed by atoms with E-state index < -0.39 is 0 Å². The lowest BCUT2D eigenvalue weighted by molar-refractivity contribution is -0.133. The van der Waals surface area contributed by atoms with Crippen LogP contribution >= 0.6 is 0 Å². The van der Waals surface area contributed by atoms with Crippen molar-refractivity contribution >= 4 is 17.5 Å². The molecule has 7 heteroatoms. The number of hydrogen-bond acceptors (Lipinski definition) is 5. The summed E-state index contributed by atoms with van der Waals surface area (Å²) in [4.78, 5) is 28.9. The van der Waals surface area contributed by atoms with Crippen molar-refractivity contribution in [1.29, 1.82) is 0 Å². The van der Waals surface area contributed by atoms with Crippen molar-refractivity contribution in [3.8, 4) is 0 Å². The fourth-order valence-electron chi connectivity index (χ4n) is 3.68. The Kier molecular flexibility index (Phi) is 6.69. The van der Waals surface area contributed by atoms with Crippen molar-refractivity contribution in [3.63, 3.8) is 0 Å². The molecule has 1 aliphatic heterocycles. The second-order valence-electron chi connectivity index (χ2n) is 7.76. The molecule has 2 aromatic rings. The van der Waals surface area contributed by atoms with Gasteiger partial charge in [0.15, 0.2) is 0 Å². The smallest absolute Gasteiger partial charge is 0.238 e. The summed E-state index contributed by atoms with van der Waals surface area (Å²) in [5, 5.41) is 6.94. The monoisotopic (exact) mass is 398 g/mol. The number of carbonyl (C=O) groups excluding carboxylic acids is 2. The van der Waals surface area contributed by atoms with Crippen molar-refractivity contribution < 1.29 is 14.1 Å². The summed E-state index contributed by atoms with van der Waals surface area (Å²) in [6.45, 7) is 10.9. The molecule has 0 aliphatic carbocycles. The molecular formula is C22H30N4O3. The van der Waals surface area contributed by atoms with E-state index in [0.717, 1.165) is 33.8 Å². The first-order valence-corrected chi connectivity index (χ1v) is 10.1. The van der Waals surface area contributed by atoms with Gasteiger partial charge in [-0.15, -0.1) is 0 Å². The lowest BCUT2D eigenvalue weighted by Crippen LogP contribution is -2.50. The Morgan fingerprint density at radius 3 is 2.48 bits per heavy atom. The summed E-state index contributed by atoms with van der Waals surface area (Å²) in [6, 6.07) is 5.91. The van der Waals surface area contributed by atoms with Crippen LogP contribution in [0.5, 0.6) is 0 Å². The molecule has 29 heavy (non-hydrogen) atoms. The van der Waals surface area contributed by atoms with Gasteiger partial charge in [0.1, 0.15) is 5.76 Å². The van der Waals surface area contributed by atoms with E-state index in [1.54, 1.807) is 0 Å². The highest BCUT2D eigenvalue weighted by Crippen LogP contribution is 2.18. The number of hydrogen-bond donors (Lipinski definition) is 1. The van der Waals surface area contributed by atoms with Gasteiger partial charge in [-0.2, -0.15) is 0 Å². The van der Waals surface area contributed by atoms with Gasteiger partial charge in [0.2, 0.25) is 11.8 Å². The van der Waals surface area contributed by atoms with E-state index in [4.69, 9.17) is 4.52 Å². The maximum Gasteiger partial charge on any atom is 0.238 e. The van der Waals surface area contributed by atoms with Crippen molar-refractivity contribution in [2.24, 2.45) is 0 Å². The van der Waals surface area contributed by atoms with Crippen molar-refractivity contribution in [1.82, 2.24) is 15.0 Å². The van der Waals surface area contributed by atoms with Crippen LogP contribution in [0.25, 0.3) is 0 Å². The van der Waals surface area contributed by atoms with Crippen LogP contribution in [-0.4, -0.2) is 59.5 Å². The molecule has 156 valence electrons. The number of benzene rings is 1. The molecule has 0 unspecified atom stereocenters. The van der Waals surface area contributed by atoms with E-state index in [0.29, 0.717) is 45.6 Å². The Hall–Kier alpha value is -2.67. The number of aryl methyl sites for hydroxylation is 3. The number of carbonyl (C=O) groups is 2. The Labute approximate surface area is 172 Å². The van der Waals surface area contributed by atoms with Gasteiger partial charge in [-0.3, -0.25) is 14.5 Å². The van der Waals surface area contributed by atoms with Gasteiger partial charge in [-0.05, 0) is 51.3 Å². The number of amides is 2. The van der Waals surface area contributed by atoms with Gasteiger partial charge in [0.05, 0.1) is 12.2 Å². The largest absolute Gasteiger partial charge is 0.361 e. The standard InChI is InChI=1S/C22H30N4O3/c1-15-6-5-7-20(16(15)2)23-21(27)14-25-10-12-26(13-11-25)22(28)9-8-19-17(3)24-29-18(19)4/h5-7H,8-14H2,1-4H3,(H,23,27). The minimum Gasteiger partial charge on any atom is -0.361 e. The molecule has 1 aromatic carbocycles. The predicted molar refractivity (Wildman–Crippen MR) is 112 cm³/mol. The number of anilines is 1. The summed E-state index contributed by atoms with van der Waals surface area (Å²) in [6.07, 6.45) is 1.11. The normalized spacial score (nSPS) is 14.8. The molecule has 0 bridgehead atoms. The third-order valence-corrected chi connectivity index (χ3v) is 5.74. The van der Waals surface area contributed by atoms with E-state index in [1.165, 1.54) is 0 Å². The molecule has 1 saturated heterocycles. The highest BCUT2D eigenvalue weighted by atomic mass is 16.5. The maximum absolute atomic E-state index is 12.5. The average Bonchev–Trinajstić information content (AvgIpc) is 3.02. The summed E-state index contributed by atoms with van der Waals surface area (Å²) >= 11 is 0. The molecule has 7 nitrogen and oxygen atoms in total. The first-order valence-electron chi connectivity index (χ1n) is 10.1. The molecule has 1 aliphatic rings. The van der Waals surface area contributed by atoms with Gasteiger partial charge >= 0.3 is 0 Å². The molecule has 0 saturated carbocycles. The summed E-state index contributed by atoms with van der Waals surface area (Å²) < 4.78 is 5.16. The number of nitrogens with one attached hydrogen (secondary N) is 1. The van der Waals surface area contributed by atoms with E-state index in [1.807, 2.05) is 50.8 Å². The minimum atomic E-state index is -0.0168. The number of nitrogens with zero attached hydrogens (tertiary/aromatic N) is 3. The molecule has 1 aromatic heterocycles. The van der Waals surface area contributed by atoms with E-state index in [2.05, 4.69) is 15.4 Å². The fraction of sp³-hybridized carbons (Fsp3) is 0.500. The summed E-state index contributed by atoms with van der Waals surface area (Å²) in [7, 11) is 0. The molecule has 1 N–H and O–H groups in total. The summed E-state index contributed by atoms with van der Waals surface area (Å²) in [5.41, 5.74) is 5.00. The number of aromatic nitrogens is 1. The van der Waals surface area contributed by atoms with Crippen molar-refractivity contribution in [2.75, 3.05) is 38.0 Å². The predicted octanol–water partition coefficient (Wildman–Crippen LogP) is 2.62. The Morgan fingerprint density at radius 1 is 1.10 bits per heavy atom. The molecular weight excluding hydrogens is 368 g/mol. The number of piperazine rings is 1. The fourth-order valence-corrected chi connectivity index (χ4v) is 3.68. The topological polar surface area (TPSA) is 78.7 Å². The van der Waals surface area contributed by atoms with Crippen LogP contribution in [0.2, 0.25) is 0 Å².